The third kappa shape index (κ3) is 12.6. The van der Waals surface area contributed by atoms with E-state index < -0.39 is 0 Å². The summed E-state index contributed by atoms with van der Waals surface area (Å²) in [6.45, 7) is 14.4. The first-order valence-electron chi connectivity index (χ1n) is 7.05. The van der Waals surface area contributed by atoms with Crippen molar-refractivity contribution in [3.8, 4) is 0 Å². The zero-order valence-corrected chi connectivity index (χ0v) is 13.5. The van der Waals surface area contributed by atoms with Crippen molar-refractivity contribution >= 4 is 11.8 Å². The van der Waals surface area contributed by atoms with Crippen LogP contribution in [-0.2, 0) is 4.74 Å². The highest BCUT2D eigenvalue weighted by Crippen LogP contribution is 2.20. The Morgan fingerprint density at radius 1 is 0.941 bits per heavy atom. The maximum Gasteiger partial charge on any atom is 0.0634 e. The second-order valence-corrected chi connectivity index (χ2v) is 7.56. The Balaban J connectivity index is 3.50. The van der Waals surface area contributed by atoms with Crippen molar-refractivity contribution in [1.82, 2.24) is 0 Å². The number of ether oxygens (including phenoxy) is 1. The average Bonchev–Trinajstić information content (AvgIpc) is 2.15. The molecule has 0 rings (SSSR count). The standard InChI is InChI=1S/C15H32OS/c1-13(2)7-10-16-15(5,6)9-12-17-11-8-14(3)4/h13-14H,7-12H2,1-6H3. The highest BCUT2D eigenvalue weighted by atomic mass is 32.2. The van der Waals surface area contributed by atoms with Crippen LogP contribution in [0.5, 0.6) is 0 Å². The highest BCUT2D eigenvalue weighted by Gasteiger charge is 2.17. The Morgan fingerprint density at radius 3 is 2.06 bits per heavy atom. The van der Waals surface area contributed by atoms with Gasteiger partial charge in [0.1, 0.15) is 0 Å². The maximum atomic E-state index is 5.95. The SMILES string of the molecule is CC(C)CCOC(C)(C)CCSCCC(C)C. The van der Waals surface area contributed by atoms with Gasteiger partial charge >= 0.3 is 0 Å². The molecule has 0 heterocycles. The fourth-order valence-corrected chi connectivity index (χ4v) is 2.86. The van der Waals surface area contributed by atoms with E-state index in [0.29, 0.717) is 0 Å². The molecule has 17 heavy (non-hydrogen) atoms. The minimum Gasteiger partial charge on any atom is -0.376 e. The second-order valence-electron chi connectivity index (χ2n) is 6.34. The number of hydrogen-bond acceptors (Lipinski definition) is 2. The zero-order chi connectivity index (χ0) is 13.3. The summed E-state index contributed by atoms with van der Waals surface area (Å²) in [5, 5.41) is 0. The van der Waals surface area contributed by atoms with Gasteiger partial charge in [-0.2, -0.15) is 11.8 Å². The van der Waals surface area contributed by atoms with E-state index in [4.69, 9.17) is 4.74 Å². The molecule has 0 bridgehead atoms. The van der Waals surface area contributed by atoms with E-state index >= 15 is 0 Å². The molecule has 0 aromatic rings. The Kier molecular flexibility index (Phi) is 9.44. The normalized spacial score (nSPS) is 12.7. The van der Waals surface area contributed by atoms with Crippen molar-refractivity contribution < 1.29 is 4.74 Å². The summed E-state index contributed by atoms with van der Waals surface area (Å²) >= 11 is 2.07. The van der Waals surface area contributed by atoms with Crippen LogP contribution in [-0.4, -0.2) is 23.7 Å². The van der Waals surface area contributed by atoms with Crippen molar-refractivity contribution in [3.63, 3.8) is 0 Å². The van der Waals surface area contributed by atoms with Crippen molar-refractivity contribution in [1.29, 1.82) is 0 Å². The summed E-state index contributed by atoms with van der Waals surface area (Å²) in [5.41, 5.74) is 0.0553. The highest BCUT2D eigenvalue weighted by molar-refractivity contribution is 7.99. The topological polar surface area (TPSA) is 9.23 Å². The molecule has 0 aromatic heterocycles. The van der Waals surface area contributed by atoms with Gasteiger partial charge in [-0.25, -0.2) is 0 Å². The van der Waals surface area contributed by atoms with Crippen LogP contribution in [0.1, 0.15) is 60.8 Å². The smallest absolute Gasteiger partial charge is 0.0634 e. The fraction of sp³-hybridized carbons (Fsp3) is 1.00. The molecule has 0 saturated carbocycles. The van der Waals surface area contributed by atoms with Gasteiger partial charge in [0.2, 0.25) is 0 Å². The molecular formula is C15H32OS. The monoisotopic (exact) mass is 260 g/mol. The van der Waals surface area contributed by atoms with Crippen LogP contribution in [0.15, 0.2) is 0 Å². The Hall–Kier alpha value is 0.310. The Labute approximate surface area is 113 Å². The maximum absolute atomic E-state index is 5.95. The zero-order valence-electron chi connectivity index (χ0n) is 12.7. The lowest BCUT2D eigenvalue weighted by Gasteiger charge is -2.25. The molecule has 0 aliphatic rings. The quantitative estimate of drug-likeness (QED) is 0.511. The van der Waals surface area contributed by atoms with Crippen molar-refractivity contribution in [2.75, 3.05) is 18.1 Å². The number of thioether (sulfide) groups is 1. The van der Waals surface area contributed by atoms with Gasteiger partial charge in [-0.1, -0.05) is 27.7 Å². The molecule has 104 valence electrons. The molecule has 0 aliphatic carbocycles. The molecule has 0 unspecified atom stereocenters. The van der Waals surface area contributed by atoms with Gasteiger partial charge in [0.15, 0.2) is 0 Å². The molecule has 0 amide bonds. The molecule has 0 saturated heterocycles. The van der Waals surface area contributed by atoms with Crippen LogP contribution in [0.2, 0.25) is 0 Å². The summed E-state index contributed by atoms with van der Waals surface area (Å²) in [6, 6.07) is 0. The van der Waals surface area contributed by atoms with Gasteiger partial charge in [0, 0.05) is 6.61 Å². The Morgan fingerprint density at radius 2 is 1.53 bits per heavy atom. The van der Waals surface area contributed by atoms with Crippen LogP contribution >= 0.6 is 11.8 Å². The molecule has 0 aromatic carbocycles. The van der Waals surface area contributed by atoms with Gasteiger partial charge in [-0.05, 0) is 56.5 Å². The lowest BCUT2D eigenvalue weighted by Crippen LogP contribution is -2.26. The largest absolute Gasteiger partial charge is 0.376 e. The van der Waals surface area contributed by atoms with Crippen LogP contribution in [0, 0.1) is 11.8 Å². The summed E-state index contributed by atoms with van der Waals surface area (Å²) in [7, 11) is 0. The van der Waals surface area contributed by atoms with Crippen LogP contribution in [0.4, 0.5) is 0 Å². The van der Waals surface area contributed by atoms with E-state index in [9.17, 15) is 0 Å². The Bertz CT molecular complexity index is 176. The fourth-order valence-electron chi connectivity index (χ4n) is 1.38. The summed E-state index contributed by atoms with van der Waals surface area (Å²) < 4.78 is 5.95. The van der Waals surface area contributed by atoms with E-state index in [0.717, 1.165) is 24.9 Å². The van der Waals surface area contributed by atoms with E-state index in [1.807, 2.05) is 0 Å². The second kappa shape index (κ2) is 9.27. The van der Waals surface area contributed by atoms with Gasteiger partial charge in [0.05, 0.1) is 5.60 Å². The molecule has 0 aliphatic heterocycles. The minimum atomic E-state index is 0.0553. The van der Waals surface area contributed by atoms with E-state index in [1.165, 1.54) is 24.3 Å². The van der Waals surface area contributed by atoms with Crippen LogP contribution < -0.4 is 0 Å². The first kappa shape index (κ1) is 17.3. The average molecular weight is 260 g/mol. The van der Waals surface area contributed by atoms with Crippen molar-refractivity contribution in [2.45, 2.75) is 66.4 Å². The number of rotatable bonds is 10. The molecule has 1 nitrogen and oxygen atoms in total. The van der Waals surface area contributed by atoms with Gasteiger partial charge in [0.25, 0.3) is 0 Å². The number of hydrogen-bond donors (Lipinski definition) is 0. The first-order valence-corrected chi connectivity index (χ1v) is 8.20. The molecule has 0 spiro atoms. The third-order valence-corrected chi connectivity index (χ3v) is 3.89. The molecule has 0 N–H and O–H groups in total. The van der Waals surface area contributed by atoms with Crippen molar-refractivity contribution in [3.05, 3.63) is 0 Å². The summed E-state index contributed by atoms with van der Waals surface area (Å²) in [6.07, 6.45) is 3.66. The summed E-state index contributed by atoms with van der Waals surface area (Å²) in [4.78, 5) is 0. The third-order valence-electron chi connectivity index (χ3n) is 2.88. The predicted octanol–water partition coefficient (Wildman–Crippen LogP) is 5.00. The van der Waals surface area contributed by atoms with E-state index in [-0.39, 0.29) is 5.60 Å². The van der Waals surface area contributed by atoms with Crippen LogP contribution in [0.3, 0.4) is 0 Å². The first-order chi connectivity index (χ1) is 7.83. The molecule has 0 radical (unpaired) electrons. The molecule has 0 fully saturated rings. The molecule has 0 atom stereocenters. The van der Waals surface area contributed by atoms with Gasteiger partial charge < -0.3 is 4.74 Å². The summed E-state index contributed by atoms with van der Waals surface area (Å²) in [5.74, 6) is 4.09. The van der Waals surface area contributed by atoms with E-state index in [1.54, 1.807) is 0 Å². The predicted molar refractivity (Wildman–Crippen MR) is 80.9 cm³/mol. The van der Waals surface area contributed by atoms with E-state index in [2.05, 4.69) is 53.3 Å². The van der Waals surface area contributed by atoms with Gasteiger partial charge in [-0.3, -0.25) is 0 Å². The minimum absolute atomic E-state index is 0.0553. The van der Waals surface area contributed by atoms with Crippen molar-refractivity contribution in [2.24, 2.45) is 11.8 Å². The van der Waals surface area contributed by atoms with Gasteiger partial charge in [-0.15, -0.1) is 0 Å². The molecule has 2 heteroatoms. The van der Waals surface area contributed by atoms with Crippen LogP contribution in [0.25, 0.3) is 0 Å². The molecular weight excluding hydrogens is 228 g/mol. The lowest BCUT2D eigenvalue weighted by atomic mass is 10.1. The lowest BCUT2D eigenvalue weighted by molar-refractivity contribution is -0.0235.